The third-order valence-corrected chi connectivity index (χ3v) is 4.49. The van der Waals surface area contributed by atoms with Crippen LogP contribution in [0.5, 0.6) is 0 Å². The highest BCUT2D eigenvalue weighted by Gasteiger charge is 2.25. The summed E-state index contributed by atoms with van der Waals surface area (Å²) in [6.07, 6.45) is 2.17. The Balaban J connectivity index is 1.69. The van der Waals surface area contributed by atoms with E-state index in [4.69, 9.17) is 9.26 Å². The van der Waals surface area contributed by atoms with Crippen LogP contribution in [0.2, 0.25) is 0 Å². The standard InChI is InChI=1S/C18H24N2O2/c1-14-18(15(2)22-19-14)12-20(17-9-11-21-13-17)10-8-16-6-4-3-5-7-16/h3-7,17H,8-13H2,1-2H3. The molecule has 1 unspecified atom stereocenters. The normalized spacial score (nSPS) is 18.2. The van der Waals surface area contributed by atoms with Gasteiger partial charge in [0.25, 0.3) is 0 Å². The van der Waals surface area contributed by atoms with Gasteiger partial charge in [-0.05, 0) is 32.3 Å². The summed E-state index contributed by atoms with van der Waals surface area (Å²) in [4.78, 5) is 2.52. The lowest BCUT2D eigenvalue weighted by Gasteiger charge is -2.27. The summed E-state index contributed by atoms with van der Waals surface area (Å²) in [5, 5.41) is 4.08. The molecule has 1 saturated heterocycles. The number of aromatic nitrogens is 1. The smallest absolute Gasteiger partial charge is 0.138 e. The van der Waals surface area contributed by atoms with Crippen molar-refractivity contribution >= 4 is 0 Å². The minimum absolute atomic E-state index is 0.498. The Kier molecular flexibility index (Phi) is 4.90. The van der Waals surface area contributed by atoms with Gasteiger partial charge in [-0.15, -0.1) is 0 Å². The molecule has 1 fully saturated rings. The third kappa shape index (κ3) is 3.57. The van der Waals surface area contributed by atoms with Gasteiger partial charge in [-0.25, -0.2) is 0 Å². The van der Waals surface area contributed by atoms with Crippen LogP contribution in [0.1, 0.15) is 29.0 Å². The average Bonchev–Trinajstić information content (AvgIpc) is 3.17. The Hall–Kier alpha value is -1.65. The second kappa shape index (κ2) is 7.07. The van der Waals surface area contributed by atoms with Crippen LogP contribution in [-0.2, 0) is 17.7 Å². The monoisotopic (exact) mass is 300 g/mol. The van der Waals surface area contributed by atoms with Gasteiger partial charge in [0.1, 0.15) is 5.76 Å². The van der Waals surface area contributed by atoms with Gasteiger partial charge in [-0.3, -0.25) is 4.90 Å². The number of aryl methyl sites for hydroxylation is 2. The lowest BCUT2D eigenvalue weighted by molar-refractivity contribution is 0.139. The van der Waals surface area contributed by atoms with E-state index in [1.165, 1.54) is 11.1 Å². The van der Waals surface area contributed by atoms with Crippen LogP contribution < -0.4 is 0 Å². The molecule has 0 bridgehead atoms. The molecule has 22 heavy (non-hydrogen) atoms. The second-order valence-electron chi connectivity index (χ2n) is 6.03. The Morgan fingerprint density at radius 1 is 1.23 bits per heavy atom. The number of benzene rings is 1. The maximum absolute atomic E-state index is 5.59. The summed E-state index contributed by atoms with van der Waals surface area (Å²) in [7, 11) is 0. The van der Waals surface area contributed by atoms with Crippen molar-refractivity contribution in [3.63, 3.8) is 0 Å². The molecule has 0 radical (unpaired) electrons. The summed E-state index contributed by atoms with van der Waals surface area (Å²) < 4.78 is 10.9. The largest absolute Gasteiger partial charge is 0.380 e. The fraction of sp³-hybridized carbons (Fsp3) is 0.500. The van der Waals surface area contributed by atoms with Gasteiger partial charge in [-0.1, -0.05) is 35.5 Å². The van der Waals surface area contributed by atoms with Crippen LogP contribution in [-0.4, -0.2) is 35.9 Å². The SMILES string of the molecule is Cc1noc(C)c1CN(CCc1ccccc1)C1CCOC1. The number of nitrogens with zero attached hydrogens (tertiary/aromatic N) is 2. The Labute approximate surface area is 132 Å². The molecule has 4 heteroatoms. The fourth-order valence-corrected chi connectivity index (χ4v) is 3.05. The minimum atomic E-state index is 0.498. The predicted molar refractivity (Wildman–Crippen MR) is 85.8 cm³/mol. The molecular weight excluding hydrogens is 276 g/mol. The number of ether oxygens (including phenoxy) is 1. The van der Waals surface area contributed by atoms with Gasteiger partial charge in [0, 0.05) is 31.3 Å². The molecular formula is C18H24N2O2. The van der Waals surface area contributed by atoms with E-state index < -0.39 is 0 Å². The van der Waals surface area contributed by atoms with Crippen molar-refractivity contribution in [2.45, 2.75) is 39.3 Å². The number of hydrogen-bond acceptors (Lipinski definition) is 4. The molecule has 0 saturated carbocycles. The minimum Gasteiger partial charge on any atom is -0.380 e. The van der Waals surface area contributed by atoms with Gasteiger partial charge in [-0.2, -0.15) is 0 Å². The van der Waals surface area contributed by atoms with Crippen LogP contribution in [0, 0.1) is 13.8 Å². The summed E-state index contributed by atoms with van der Waals surface area (Å²) in [6.45, 7) is 7.64. The second-order valence-corrected chi connectivity index (χ2v) is 6.03. The number of hydrogen-bond donors (Lipinski definition) is 0. The first-order valence-electron chi connectivity index (χ1n) is 8.01. The molecule has 1 aromatic heterocycles. The van der Waals surface area contributed by atoms with Crippen molar-refractivity contribution < 1.29 is 9.26 Å². The van der Waals surface area contributed by atoms with Crippen LogP contribution in [0.4, 0.5) is 0 Å². The molecule has 1 aromatic carbocycles. The highest BCUT2D eigenvalue weighted by Crippen LogP contribution is 2.20. The Morgan fingerprint density at radius 3 is 2.68 bits per heavy atom. The van der Waals surface area contributed by atoms with E-state index in [9.17, 15) is 0 Å². The summed E-state index contributed by atoms with van der Waals surface area (Å²) >= 11 is 0. The van der Waals surface area contributed by atoms with Crippen LogP contribution >= 0.6 is 0 Å². The zero-order valence-corrected chi connectivity index (χ0v) is 13.4. The highest BCUT2D eigenvalue weighted by molar-refractivity contribution is 5.21. The topological polar surface area (TPSA) is 38.5 Å². The molecule has 0 N–H and O–H groups in total. The van der Waals surface area contributed by atoms with E-state index in [1.807, 2.05) is 13.8 Å². The third-order valence-electron chi connectivity index (χ3n) is 4.49. The van der Waals surface area contributed by atoms with E-state index in [0.29, 0.717) is 6.04 Å². The van der Waals surface area contributed by atoms with Gasteiger partial charge in [0.15, 0.2) is 0 Å². The molecule has 2 aromatic rings. The molecule has 118 valence electrons. The van der Waals surface area contributed by atoms with Crippen molar-refractivity contribution in [2.75, 3.05) is 19.8 Å². The Bertz CT molecular complexity index is 569. The fourth-order valence-electron chi connectivity index (χ4n) is 3.05. The quantitative estimate of drug-likeness (QED) is 0.821. The van der Waals surface area contributed by atoms with Gasteiger partial charge < -0.3 is 9.26 Å². The molecule has 0 spiro atoms. The molecule has 1 aliphatic rings. The first-order valence-corrected chi connectivity index (χ1v) is 8.01. The van der Waals surface area contributed by atoms with E-state index >= 15 is 0 Å². The van der Waals surface area contributed by atoms with E-state index in [2.05, 4.69) is 40.4 Å². The van der Waals surface area contributed by atoms with E-state index in [-0.39, 0.29) is 0 Å². The van der Waals surface area contributed by atoms with Crippen molar-refractivity contribution in [3.05, 3.63) is 52.9 Å². The van der Waals surface area contributed by atoms with Crippen LogP contribution in [0.15, 0.2) is 34.9 Å². The first-order chi connectivity index (χ1) is 10.7. The lowest BCUT2D eigenvalue weighted by Crippen LogP contribution is -2.37. The molecule has 3 rings (SSSR count). The van der Waals surface area contributed by atoms with E-state index in [1.54, 1.807) is 0 Å². The van der Waals surface area contributed by atoms with Crippen molar-refractivity contribution in [1.29, 1.82) is 0 Å². The predicted octanol–water partition coefficient (Wildman–Crippen LogP) is 3.13. The summed E-state index contributed by atoms with van der Waals surface area (Å²) in [5.41, 5.74) is 3.60. The highest BCUT2D eigenvalue weighted by atomic mass is 16.5. The maximum atomic E-state index is 5.59. The van der Waals surface area contributed by atoms with Gasteiger partial charge >= 0.3 is 0 Å². The van der Waals surface area contributed by atoms with Crippen molar-refractivity contribution in [3.8, 4) is 0 Å². The van der Waals surface area contributed by atoms with Crippen molar-refractivity contribution in [1.82, 2.24) is 10.1 Å². The lowest BCUT2D eigenvalue weighted by atomic mass is 10.1. The maximum Gasteiger partial charge on any atom is 0.138 e. The Morgan fingerprint density at radius 2 is 2.05 bits per heavy atom. The van der Waals surface area contributed by atoms with Crippen LogP contribution in [0.25, 0.3) is 0 Å². The first kappa shape index (κ1) is 15.3. The van der Waals surface area contributed by atoms with Gasteiger partial charge in [0.05, 0.1) is 12.3 Å². The molecule has 1 aliphatic heterocycles. The van der Waals surface area contributed by atoms with Crippen LogP contribution in [0.3, 0.4) is 0 Å². The molecule has 0 aliphatic carbocycles. The average molecular weight is 300 g/mol. The zero-order chi connectivity index (χ0) is 15.4. The van der Waals surface area contributed by atoms with E-state index in [0.717, 1.165) is 50.6 Å². The molecule has 0 amide bonds. The zero-order valence-electron chi connectivity index (χ0n) is 13.4. The number of rotatable bonds is 6. The van der Waals surface area contributed by atoms with Crippen molar-refractivity contribution in [2.24, 2.45) is 0 Å². The summed E-state index contributed by atoms with van der Waals surface area (Å²) in [5.74, 6) is 0.932. The molecule has 4 nitrogen and oxygen atoms in total. The summed E-state index contributed by atoms with van der Waals surface area (Å²) in [6, 6.07) is 11.2. The molecule has 1 atom stereocenters. The molecule has 2 heterocycles. The van der Waals surface area contributed by atoms with Gasteiger partial charge in [0.2, 0.25) is 0 Å².